The Morgan fingerprint density at radius 2 is 2.10 bits per heavy atom. The summed E-state index contributed by atoms with van der Waals surface area (Å²) in [6.45, 7) is 0. The van der Waals surface area contributed by atoms with E-state index in [0.29, 0.717) is 17.1 Å². The van der Waals surface area contributed by atoms with Gasteiger partial charge in [-0.15, -0.1) is 0 Å². The molecule has 0 fully saturated rings. The van der Waals surface area contributed by atoms with Crippen molar-refractivity contribution in [3.63, 3.8) is 0 Å². The molecule has 0 aliphatic carbocycles. The summed E-state index contributed by atoms with van der Waals surface area (Å²) in [4.78, 5) is 12.0. The smallest absolute Gasteiger partial charge is 0.243 e. The second kappa shape index (κ2) is 6.29. The van der Waals surface area contributed by atoms with Crippen molar-refractivity contribution in [3.8, 4) is 0 Å². The lowest BCUT2D eigenvalue weighted by molar-refractivity contribution is -0.671. The highest BCUT2D eigenvalue weighted by Crippen LogP contribution is 2.21. The lowest BCUT2D eigenvalue weighted by Crippen LogP contribution is -3.00. The number of nitrogen functional groups attached to an aromatic ring is 2. The van der Waals surface area contributed by atoms with E-state index in [4.69, 9.17) is 11.5 Å². The van der Waals surface area contributed by atoms with Crippen LogP contribution in [0.3, 0.4) is 0 Å². The Morgan fingerprint density at radius 1 is 1.40 bits per heavy atom. The van der Waals surface area contributed by atoms with Crippen LogP contribution in [-0.4, -0.2) is 10.5 Å². The van der Waals surface area contributed by atoms with E-state index in [0.717, 1.165) is 5.69 Å². The van der Waals surface area contributed by atoms with Crippen LogP contribution < -0.4 is 33.8 Å². The highest BCUT2D eigenvalue weighted by Gasteiger charge is 2.13. The number of hydrogen-bond acceptors (Lipinski definition) is 3. The average Bonchev–Trinajstić information content (AvgIpc) is 2.62. The maximum absolute atomic E-state index is 12.0. The zero-order valence-electron chi connectivity index (χ0n) is 11.4. The predicted octanol–water partition coefficient (Wildman–Crippen LogP) is -2.80. The van der Waals surface area contributed by atoms with Gasteiger partial charge in [-0.2, -0.15) is 0 Å². The fraction of sp³-hybridized carbons (Fsp3) is 0.231. The van der Waals surface area contributed by atoms with Crippen molar-refractivity contribution in [2.24, 2.45) is 14.1 Å². The number of nitrogens with one attached hydrogen (secondary N) is 1. The third-order valence-corrected chi connectivity index (χ3v) is 2.85. The largest absolute Gasteiger partial charge is 1.00 e. The first kappa shape index (κ1) is 15.8. The summed E-state index contributed by atoms with van der Waals surface area (Å²) < 4.78 is 3.81. The van der Waals surface area contributed by atoms with E-state index in [1.165, 1.54) is 0 Å². The minimum Gasteiger partial charge on any atom is -1.00 e. The molecule has 0 radical (unpaired) electrons. The molecule has 2 rings (SSSR count). The van der Waals surface area contributed by atoms with Crippen LogP contribution in [0, 0.1) is 0 Å². The molecule has 2 aromatic rings. The van der Waals surface area contributed by atoms with E-state index in [9.17, 15) is 4.79 Å². The molecule has 5 N–H and O–H groups in total. The third-order valence-electron chi connectivity index (χ3n) is 2.85. The number of benzene rings is 1. The van der Waals surface area contributed by atoms with Crippen molar-refractivity contribution < 1.29 is 21.8 Å². The number of aryl methyl sites for hydroxylation is 2. The number of carbonyl (C=O) groups excluding carboxylic acids is 1. The number of hydrogen-bond donors (Lipinski definition) is 3. The molecule has 0 bridgehead atoms. The molecule has 20 heavy (non-hydrogen) atoms. The lowest BCUT2D eigenvalue weighted by atomic mass is 10.2. The number of amides is 1. The molecule has 0 aliphatic rings. The van der Waals surface area contributed by atoms with E-state index in [-0.39, 0.29) is 24.7 Å². The van der Waals surface area contributed by atoms with Gasteiger partial charge in [-0.05, 0) is 18.2 Å². The van der Waals surface area contributed by atoms with Gasteiger partial charge in [-0.1, -0.05) is 0 Å². The third kappa shape index (κ3) is 3.64. The minimum absolute atomic E-state index is 0. The van der Waals surface area contributed by atoms with Gasteiger partial charge in [0.2, 0.25) is 12.2 Å². The van der Waals surface area contributed by atoms with Crippen LogP contribution in [-0.2, 0) is 25.3 Å². The molecule has 0 saturated heterocycles. The van der Waals surface area contributed by atoms with Gasteiger partial charge in [0.15, 0.2) is 5.69 Å². The number of anilines is 3. The van der Waals surface area contributed by atoms with E-state index in [2.05, 4.69) is 5.32 Å². The molecule has 1 aromatic carbocycles. The number of halogens is 1. The predicted molar refractivity (Wildman–Crippen MR) is 74.2 cm³/mol. The van der Waals surface area contributed by atoms with Crippen LogP contribution in [0.5, 0.6) is 0 Å². The van der Waals surface area contributed by atoms with E-state index < -0.39 is 0 Å². The molecule has 1 amide bonds. The standard InChI is InChI=1S/C13H17N5O.ClH/c1-17-7-10(18(2)8-17)6-13(19)16-12-5-9(14)3-4-11(12)15;/h3-5,7-8H,6,14-15H2,1-2H3;1H. The first-order chi connectivity index (χ1) is 8.95. The average molecular weight is 296 g/mol. The number of rotatable bonds is 3. The van der Waals surface area contributed by atoms with Crippen LogP contribution >= 0.6 is 0 Å². The Morgan fingerprint density at radius 3 is 2.70 bits per heavy atom. The Balaban J connectivity index is 0.00000200. The maximum atomic E-state index is 12.0. The molecule has 0 aliphatic heterocycles. The molecule has 0 unspecified atom stereocenters. The maximum Gasteiger partial charge on any atom is 0.243 e. The fourth-order valence-electron chi connectivity index (χ4n) is 1.92. The van der Waals surface area contributed by atoms with Crippen LogP contribution in [0.2, 0.25) is 0 Å². The van der Waals surface area contributed by atoms with Crippen LogP contribution in [0.15, 0.2) is 30.7 Å². The zero-order chi connectivity index (χ0) is 14.0. The van der Waals surface area contributed by atoms with Gasteiger partial charge in [0.25, 0.3) is 0 Å². The summed E-state index contributed by atoms with van der Waals surface area (Å²) >= 11 is 0. The number of nitrogens with zero attached hydrogens (tertiary/aromatic N) is 2. The van der Waals surface area contributed by atoms with Crippen molar-refractivity contribution in [1.29, 1.82) is 0 Å². The summed E-state index contributed by atoms with van der Waals surface area (Å²) in [5, 5.41) is 2.77. The summed E-state index contributed by atoms with van der Waals surface area (Å²) in [6.07, 6.45) is 4.09. The SMILES string of the molecule is Cn1c[n+](C)cc1CC(=O)Nc1cc(N)ccc1N.[Cl-]. The van der Waals surface area contributed by atoms with Gasteiger partial charge in [0, 0.05) is 5.69 Å². The molecule has 0 atom stereocenters. The monoisotopic (exact) mass is 295 g/mol. The number of carbonyl (C=O) groups is 1. The van der Waals surface area contributed by atoms with Gasteiger partial charge < -0.3 is 29.2 Å². The normalized spacial score (nSPS) is 9.90. The quantitative estimate of drug-likeness (QED) is 0.422. The Kier molecular flexibility index (Phi) is 4.99. The van der Waals surface area contributed by atoms with Gasteiger partial charge >= 0.3 is 0 Å². The summed E-state index contributed by atoms with van der Waals surface area (Å²) in [5.41, 5.74) is 14.0. The second-order valence-electron chi connectivity index (χ2n) is 4.58. The van der Waals surface area contributed by atoms with Crippen LogP contribution in [0.1, 0.15) is 5.69 Å². The van der Waals surface area contributed by atoms with Crippen molar-refractivity contribution in [3.05, 3.63) is 36.4 Å². The first-order valence-corrected chi connectivity index (χ1v) is 5.91. The molecule has 0 spiro atoms. The molecular weight excluding hydrogens is 278 g/mol. The van der Waals surface area contributed by atoms with E-state index in [1.807, 2.05) is 35.8 Å². The van der Waals surface area contributed by atoms with Crippen molar-refractivity contribution in [1.82, 2.24) is 4.57 Å². The highest BCUT2D eigenvalue weighted by molar-refractivity contribution is 5.95. The Hall–Kier alpha value is -2.21. The van der Waals surface area contributed by atoms with Crippen molar-refractivity contribution in [2.45, 2.75) is 6.42 Å². The topological polar surface area (TPSA) is 89.9 Å². The summed E-state index contributed by atoms with van der Waals surface area (Å²) in [5.74, 6) is -0.126. The van der Waals surface area contributed by atoms with Crippen molar-refractivity contribution in [2.75, 3.05) is 16.8 Å². The molecule has 1 aromatic heterocycles. The number of imidazole rings is 1. The Labute approximate surface area is 123 Å². The molecule has 0 saturated carbocycles. The molecule has 108 valence electrons. The fourth-order valence-corrected chi connectivity index (χ4v) is 1.92. The van der Waals surface area contributed by atoms with Crippen LogP contribution in [0.4, 0.5) is 17.1 Å². The second-order valence-corrected chi connectivity index (χ2v) is 4.58. The van der Waals surface area contributed by atoms with Gasteiger partial charge in [-0.25, -0.2) is 9.13 Å². The van der Waals surface area contributed by atoms with Crippen LogP contribution in [0.25, 0.3) is 0 Å². The molecule has 1 heterocycles. The number of aromatic nitrogens is 2. The highest BCUT2D eigenvalue weighted by atomic mass is 35.5. The van der Waals surface area contributed by atoms with Gasteiger partial charge in [0.1, 0.15) is 6.20 Å². The molecular formula is C13H18ClN5O. The summed E-state index contributed by atoms with van der Waals surface area (Å²) in [6, 6.07) is 5.02. The number of nitrogens with two attached hydrogens (primary N) is 2. The van der Waals surface area contributed by atoms with Crippen molar-refractivity contribution >= 4 is 23.0 Å². The van der Waals surface area contributed by atoms with E-state index >= 15 is 0 Å². The zero-order valence-corrected chi connectivity index (χ0v) is 12.2. The molecule has 6 nitrogen and oxygen atoms in total. The first-order valence-electron chi connectivity index (χ1n) is 5.91. The van der Waals surface area contributed by atoms with Gasteiger partial charge in [0.05, 0.1) is 31.9 Å². The van der Waals surface area contributed by atoms with Gasteiger partial charge in [-0.3, -0.25) is 4.79 Å². The Bertz CT molecular complexity index is 623. The molecule has 7 heteroatoms. The van der Waals surface area contributed by atoms with E-state index in [1.54, 1.807) is 18.2 Å². The minimum atomic E-state index is -0.126. The summed E-state index contributed by atoms with van der Waals surface area (Å²) in [7, 11) is 3.81. The lowest BCUT2D eigenvalue weighted by Gasteiger charge is -2.08.